The molecule has 88 valence electrons. The van der Waals surface area contributed by atoms with Gasteiger partial charge >= 0.3 is 0 Å². The van der Waals surface area contributed by atoms with Crippen molar-refractivity contribution in [1.29, 1.82) is 0 Å². The molecule has 1 nitrogen and oxygen atoms in total. The smallest absolute Gasteiger partial charge is 0.00956 e. The van der Waals surface area contributed by atoms with E-state index in [2.05, 4.69) is 33.0 Å². The van der Waals surface area contributed by atoms with E-state index in [-0.39, 0.29) is 0 Å². The number of hydrogen-bond donors (Lipinski definition) is 1. The minimum Gasteiger partial charge on any atom is -0.314 e. The molecular formula is C14H27N. The molecule has 1 unspecified atom stereocenters. The summed E-state index contributed by atoms with van der Waals surface area (Å²) >= 11 is 0. The second-order valence-electron chi connectivity index (χ2n) is 6.93. The molecule has 0 radical (unpaired) electrons. The zero-order valence-corrected chi connectivity index (χ0v) is 10.9. The molecule has 1 aliphatic heterocycles. The Hall–Kier alpha value is -0.0400. The Morgan fingerprint density at radius 3 is 2.07 bits per heavy atom. The molecule has 1 aliphatic carbocycles. The lowest BCUT2D eigenvalue weighted by Crippen LogP contribution is -2.39. The first kappa shape index (κ1) is 11.4. The van der Waals surface area contributed by atoms with Crippen molar-refractivity contribution >= 4 is 0 Å². The molecule has 0 amide bonds. The van der Waals surface area contributed by atoms with Crippen molar-refractivity contribution in [2.75, 3.05) is 6.54 Å². The van der Waals surface area contributed by atoms with E-state index < -0.39 is 0 Å². The summed E-state index contributed by atoms with van der Waals surface area (Å²) in [7, 11) is 0. The van der Waals surface area contributed by atoms with Crippen LogP contribution in [-0.2, 0) is 0 Å². The molecule has 0 aromatic heterocycles. The summed E-state index contributed by atoms with van der Waals surface area (Å²) in [6, 6.07) is 0.762. The van der Waals surface area contributed by atoms with Crippen LogP contribution in [0.25, 0.3) is 0 Å². The predicted molar refractivity (Wildman–Crippen MR) is 65.9 cm³/mol. The van der Waals surface area contributed by atoms with Crippen molar-refractivity contribution in [2.45, 2.75) is 65.8 Å². The topological polar surface area (TPSA) is 12.0 Å². The molecule has 2 fully saturated rings. The quantitative estimate of drug-likeness (QED) is 0.643. The van der Waals surface area contributed by atoms with E-state index in [1.165, 1.54) is 38.6 Å². The molecule has 2 aliphatic rings. The molecule has 1 saturated heterocycles. The van der Waals surface area contributed by atoms with Gasteiger partial charge < -0.3 is 5.32 Å². The standard InChI is InChI=1S/C14H27N/c1-11-14(9-10-15-11)7-5-12(6-8-14)13(2,3)4/h11-12,15H,5-10H2,1-4H3. The van der Waals surface area contributed by atoms with E-state index in [4.69, 9.17) is 0 Å². The molecule has 1 saturated carbocycles. The highest BCUT2D eigenvalue weighted by molar-refractivity contribution is 4.98. The average Bonchev–Trinajstić information content (AvgIpc) is 2.48. The third-order valence-electron chi connectivity index (χ3n) is 5.20. The molecule has 1 heteroatoms. The van der Waals surface area contributed by atoms with Crippen LogP contribution in [-0.4, -0.2) is 12.6 Å². The molecule has 0 bridgehead atoms. The summed E-state index contributed by atoms with van der Waals surface area (Å²) in [5.41, 5.74) is 1.19. The Morgan fingerprint density at radius 1 is 1.07 bits per heavy atom. The van der Waals surface area contributed by atoms with Gasteiger partial charge in [-0.1, -0.05) is 20.8 Å². The number of hydrogen-bond acceptors (Lipinski definition) is 1. The minimum atomic E-state index is 0.525. The summed E-state index contributed by atoms with van der Waals surface area (Å²) < 4.78 is 0. The van der Waals surface area contributed by atoms with E-state index in [9.17, 15) is 0 Å². The van der Waals surface area contributed by atoms with Gasteiger partial charge in [0.1, 0.15) is 0 Å². The fourth-order valence-corrected chi connectivity index (χ4v) is 3.71. The van der Waals surface area contributed by atoms with Crippen molar-refractivity contribution in [1.82, 2.24) is 5.32 Å². The third kappa shape index (κ3) is 2.08. The highest BCUT2D eigenvalue weighted by Crippen LogP contribution is 2.50. The Balaban J connectivity index is 1.97. The lowest BCUT2D eigenvalue weighted by atomic mass is 9.62. The van der Waals surface area contributed by atoms with Crippen LogP contribution in [0.3, 0.4) is 0 Å². The zero-order chi connectivity index (χ0) is 11.1. The molecule has 2 rings (SSSR count). The average molecular weight is 209 g/mol. The highest BCUT2D eigenvalue weighted by atomic mass is 15.0. The van der Waals surface area contributed by atoms with Crippen LogP contribution in [0.5, 0.6) is 0 Å². The summed E-state index contributed by atoms with van der Waals surface area (Å²) in [6.07, 6.45) is 7.25. The number of nitrogens with one attached hydrogen (secondary N) is 1. The van der Waals surface area contributed by atoms with E-state index in [0.29, 0.717) is 10.8 Å². The fraction of sp³-hybridized carbons (Fsp3) is 1.00. The van der Waals surface area contributed by atoms with Gasteiger partial charge in [0.25, 0.3) is 0 Å². The normalized spacial score (nSPS) is 42.4. The lowest BCUT2D eigenvalue weighted by molar-refractivity contribution is 0.0814. The molecule has 1 spiro atoms. The van der Waals surface area contributed by atoms with Crippen molar-refractivity contribution < 1.29 is 0 Å². The molecule has 1 N–H and O–H groups in total. The van der Waals surface area contributed by atoms with Crippen LogP contribution >= 0.6 is 0 Å². The molecule has 0 aromatic rings. The van der Waals surface area contributed by atoms with E-state index in [0.717, 1.165) is 12.0 Å². The van der Waals surface area contributed by atoms with Gasteiger partial charge in [-0.25, -0.2) is 0 Å². The van der Waals surface area contributed by atoms with Gasteiger partial charge in [0.15, 0.2) is 0 Å². The van der Waals surface area contributed by atoms with Gasteiger partial charge in [0.05, 0.1) is 0 Å². The van der Waals surface area contributed by atoms with Gasteiger partial charge in [-0.15, -0.1) is 0 Å². The van der Waals surface area contributed by atoms with Crippen molar-refractivity contribution in [3.05, 3.63) is 0 Å². The fourth-order valence-electron chi connectivity index (χ4n) is 3.71. The molecule has 0 aromatic carbocycles. The largest absolute Gasteiger partial charge is 0.314 e. The maximum Gasteiger partial charge on any atom is 0.00956 e. The summed E-state index contributed by atoms with van der Waals surface area (Å²) in [6.45, 7) is 10.9. The second-order valence-corrected chi connectivity index (χ2v) is 6.93. The Morgan fingerprint density at radius 2 is 1.67 bits per heavy atom. The first-order chi connectivity index (χ1) is 6.94. The van der Waals surface area contributed by atoms with Gasteiger partial charge in [0.2, 0.25) is 0 Å². The zero-order valence-electron chi connectivity index (χ0n) is 10.9. The minimum absolute atomic E-state index is 0.525. The molecular weight excluding hydrogens is 182 g/mol. The Bertz CT molecular complexity index is 218. The maximum absolute atomic E-state index is 3.63. The van der Waals surface area contributed by atoms with Crippen molar-refractivity contribution in [2.24, 2.45) is 16.7 Å². The lowest BCUT2D eigenvalue weighted by Gasteiger charge is -2.44. The number of rotatable bonds is 0. The summed E-state index contributed by atoms with van der Waals surface area (Å²) in [5, 5.41) is 3.63. The first-order valence-electron chi connectivity index (χ1n) is 6.67. The first-order valence-corrected chi connectivity index (χ1v) is 6.67. The van der Waals surface area contributed by atoms with Gasteiger partial charge in [0, 0.05) is 6.04 Å². The van der Waals surface area contributed by atoms with E-state index >= 15 is 0 Å². The van der Waals surface area contributed by atoms with E-state index in [1.807, 2.05) is 0 Å². The van der Waals surface area contributed by atoms with Crippen LogP contribution in [0.15, 0.2) is 0 Å². The van der Waals surface area contributed by atoms with Crippen molar-refractivity contribution in [3.63, 3.8) is 0 Å². The van der Waals surface area contributed by atoms with Crippen LogP contribution in [0, 0.1) is 16.7 Å². The Kier molecular flexibility index (Phi) is 2.87. The SMILES string of the molecule is CC1NCCC12CCC(C(C)(C)C)CC2. The summed E-state index contributed by atoms with van der Waals surface area (Å²) in [4.78, 5) is 0. The second kappa shape index (κ2) is 3.76. The van der Waals surface area contributed by atoms with Crippen LogP contribution < -0.4 is 5.32 Å². The highest BCUT2D eigenvalue weighted by Gasteiger charge is 2.44. The van der Waals surface area contributed by atoms with Gasteiger partial charge in [-0.2, -0.15) is 0 Å². The predicted octanol–water partition coefficient (Wildman–Crippen LogP) is 3.59. The van der Waals surface area contributed by atoms with E-state index in [1.54, 1.807) is 0 Å². The molecule has 1 atom stereocenters. The van der Waals surface area contributed by atoms with Crippen LogP contribution in [0.1, 0.15) is 59.8 Å². The van der Waals surface area contributed by atoms with Crippen LogP contribution in [0.2, 0.25) is 0 Å². The molecule has 1 heterocycles. The monoisotopic (exact) mass is 209 g/mol. The third-order valence-corrected chi connectivity index (χ3v) is 5.20. The summed E-state index contributed by atoms with van der Waals surface area (Å²) in [5.74, 6) is 0.955. The van der Waals surface area contributed by atoms with Crippen LogP contribution in [0.4, 0.5) is 0 Å². The molecule has 15 heavy (non-hydrogen) atoms. The Labute approximate surface area is 95.0 Å². The van der Waals surface area contributed by atoms with Crippen molar-refractivity contribution in [3.8, 4) is 0 Å². The van der Waals surface area contributed by atoms with Gasteiger partial charge in [-0.3, -0.25) is 0 Å². The van der Waals surface area contributed by atoms with Gasteiger partial charge in [-0.05, 0) is 62.3 Å². The maximum atomic E-state index is 3.63.